The lowest BCUT2D eigenvalue weighted by Gasteiger charge is -2.55. The molecule has 0 bridgehead atoms. The Labute approximate surface area is 273 Å². The second-order valence-electron chi connectivity index (χ2n) is 14.9. The van der Waals surface area contributed by atoms with Gasteiger partial charge in [0, 0.05) is 16.8 Å². The zero-order valence-electron chi connectivity index (χ0n) is 27.3. The molecule has 0 aromatic heterocycles. The van der Waals surface area contributed by atoms with Crippen LogP contribution >= 0.6 is 0 Å². The average Bonchev–Trinajstić information content (AvgIpc) is 3.08. The monoisotopic (exact) mass is 591 g/mol. The summed E-state index contributed by atoms with van der Waals surface area (Å²) >= 11 is 0. The van der Waals surface area contributed by atoms with Crippen LogP contribution < -0.4 is 21.3 Å². The quantitative estimate of drug-likeness (QED) is 0.186. The zero-order chi connectivity index (χ0) is 31.4. The van der Waals surface area contributed by atoms with Crippen molar-refractivity contribution in [3.63, 3.8) is 0 Å². The van der Waals surface area contributed by atoms with Crippen molar-refractivity contribution in [1.29, 1.82) is 0 Å². The van der Waals surface area contributed by atoms with Crippen LogP contribution in [0.3, 0.4) is 0 Å². The lowest BCUT2D eigenvalue weighted by molar-refractivity contribution is 0.579. The Morgan fingerprint density at radius 2 is 1.02 bits per heavy atom. The molecule has 46 heavy (non-hydrogen) atoms. The fourth-order valence-electron chi connectivity index (χ4n) is 8.94. The lowest BCUT2D eigenvalue weighted by atomic mass is 9.33. The van der Waals surface area contributed by atoms with Gasteiger partial charge in [0.05, 0.1) is 11.1 Å². The molecule has 0 amide bonds. The molecule has 0 spiro atoms. The molecule has 0 saturated heterocycles. The molecule has 222 valence electrons. The fraction of sp³-hybridized carbons (Fsp3) is 0.182. The van der Waals surface area contributed by atoms with E-state index in [0.717, 1.165) is 0 Å². The highest BCUT2D eigenvalue weighted by Gasteiger charge is 2.54. The number of anilines is 3. The number of hydrogen-bond acceptors (Lipinski definition) is 1. The smallest absolute Gasteiger partial charge is 0.246 e. The number of benzene rings is 6. The van der Waals surface area contributed by atoms with Gasteiger partial charge >= 0.3 is 0 Å². The summed E-state index contributed by atoms with van der Waals surface area (Å²) in [4.78, 5) is 2.68. The van der Waals surface area contributed by atoms with Crippen LogP contribution in [0.2, 0.25) is 0 Å². The Bertz CT molecular complexity index is 2120. The molecule has 0 N–H and O–H groups in total. The van der Waals surface area contributed by atoms with Crippen LogP contribution in [0.25, 0.3) is 0 Å². The summed E-state index contributed by atoms with van der Waals surface area (Å²) < 4.78 is 0. The molecule has 0 fully saturated rings. The minimum absolute atomic E-state index is 0.0186. The molecule has 6 aromatic carbocycles. The maximum Gasteiger partial charge on any atom is 0.246 e. The molecule has 0 radical (unpaired) electrons. The Morgan fingerprint density at radius 3 is 1.63 bits per heavy atom. The predicted molar refractivity (Wildman–Crippen MR) is 195 cm³/mol. The minimum Gasteiger partial charge on any atom is -0.310 e. The van der Waals surface area contributed by atoms with Crippen LogP contribution in [0, 0.1) is 0 Å². The molecule has 3 heterocycles. The van der Waals surface area contributed by atoms with Gasteiger partial charge in [0.2, 0.25) is 6.71 Å². The highest BCUT2D eigenvalue weighted by Crippen LogP contribution is 2.63. The van der Waals surface area contributed by atoms with E-state index in [9.17, 15) is 0 Å². The van der Waals surface area contributed by atoms with Gasteiger partial charge in [0.15, 0.2) is 0 Å². The van der Waals surface area contributed by atoms with Crippen molar-refractivity contribution < 1.29 is 0 Å². The van der Waals surface area contributed by atoms with Crippen molar-refractivity contribution in [3.8, 4) is 0 Å². The zero-order valence-corrected chi connectivity index (χ0v) is 27.3. The summed E-state index contributed by atoms with van der Waals surface area (Å²) in [6, 6.07) is 52.9. The maximum absolute atomic E-state index is 2.68. The van der Waals surface area contributed by atoms with Crippen molar-refractivity contribution in [2.45, 2.75) is 50.9 Å². The molecular weight excluding hydrogens is 553 g/mol. The molecule has 0 aliphatic carbocycles. The van der Waals surface area contributed by atoms with Gasteiger partial charge in [0.25, 0.3) is 0 Å². The van der Waals surface area contributed by atoms with Gasteiger partial charge < -0.3 is 4.90 Å². The molecular formula is C44H38BN. The third-order valence-corrected chi connectivity index (χ3v) is 11.1. The Hall–Kier alpha value is -4.82. The highest BCUT2D eigenvalue weighted by atomic mass is 15.2. The van der Waals surface area contributed by atoms with Crippen molar-refractivity contribution in [3.05, 3.63) is 178 Å². The number of hydrogen-bond donors (Lipinski definition) is 0. The molecule has 6 aromatic rings. The Morgan fingerprint density at radius 1 is 0.500 bits per heavy atom. The minimum atomic E-state index is -0.479. The van der Waals surface area contributed by atoms with E-state index in [1.165, 1.54) is 72.4 Å². The van der Waals surface area contributed by atoms with E-state index < -0.39 is 5.41 Å². The predicted octanol–water partition coefficient (Wildman–Crippen LogP) is 8.62. The van der Waals surface area contributed by atoms with E-state index in [1.54, 1.807) is 0 Å². The Balaban J connectivity index is 1.52. The third-order valence-electron chi connectivity index (χ3n) is 11.1. The van der Waals surface area contributed by atoms with Crippen molar-refractivity contribution >= 4 is 40.2 Å². The number of para-hydroxylation sites is 2. The third kappa shape index (κ3) is 3.42. The van der Waals surface area contributed by atoms with Crippen LogP contribution in [-0.2, 0) is 16.2 Å². The highest BCUT2D eigenvalue weighted by molar-refractivity contribution is 6.98. The molecule has 3 aliphatic heterocycles. The number of nitrogens with zero attached hydrogens (tertiary/aromatic N) is 1. The van der Waals surface area contributed by atoms with E-state index in [0.29, 0.717) is 0 Å². The lowest BCUT2D eigenvalue weighted by Crippen LogP contribution is -2.60. The van der Waals surface area contributed by atoms with Crippen LogP contribution in [-0.4, -0.2) is 6.71 Å². The maximum atomic E-state index is 2.68. The van der Waals surface area contributed by atoms with E-state index in [2.05, 4.69) is 179 Å². The van der Waals surface area contributed by atoms with E-state index in [1.807, 2.05) is 0 Å². The summed E-state index contributed by atoms with van der Waals surface area (Å²) in [7, 11) is 0. The number of rotatable bonds is 3. The molecule has 0 saturated carbocycles. The average molecular weight is 592 g/mol. The first kappa shape index (κ1) is 27.5. The van der Waals surface area contributed by atoms with E-state index >= 15 is 0 Å². The second kappa shape index (κ2) is 9.36. The first-order valence-corrected chi connectivity index (χ1v) is 16.7. The van der Waals surface area contributed by atoms with Crippen LogP contribution in [0.5, 0.6) is 0 Å². The van der Waals surface area contributed by atoms with Crippen LogP contribution in [0.4, 0.5) is 17.1 Å². The first-order chi connectivity index (χ1) is 22.2. The fourth-order valence-corrected chi connectivity index (χ4v) is 8.94. The SMILES string of the molecule is CC(C)(C)c1cc2c3c(c1)C(C)(C)c1cccc4c1N3c1c(cccc1C4(c1ccccc1)c1ccccc1)B2c1ccccc1. The summed E-state index contributed by atoms with van der Waals surface area (Å²) in [5, 5.41) is 0. The summed E-state index contributed by atoms with van der Waals surface area (Å²) in [6.45, 7) is 12.1. The van der Waals surface area contributed by atoms with E-state index in [-0.39, 0.29) is 17.5 Å². The van der Waals surface area contributed by atoms with Crippen molar-refractivity contribution in [2.24, 2.45) is 0 Å². The molecule has 0 unspecified atom stereocenters. The van der Waals surface area contributed by atoms with Crippen molar-refractivity contribution in [2.75, 3.05) is 4.90 Å². The van der Waals surface area contributed by atoms with Gasteiger partial charge in [-0.25, -0.2) is 0 Å². The molecule has 2 heteroatoms. The van der Waals surface area contributed by atoms with Crippen LogP contribution in [0.15, 0.2) is 140 Å². The summed E-state index contributed by atoms with van der Waals surface area (Å²) in [5.74, 6) is 0. The van der Waals surface area contributed by atoms with Gasteiger partial charge in [-0.15, -0.1) is 0 Å². The second-order valence-corrected chi connectivity index (χ2v) is 14.9. The summed E-state index contributed by atoms with van der Waals surface area (Å²) in [5.41, 5.74) is 17.1. The normalized spacial score (nSPS) is 16.2. The van der Waals surface area contributed by atoms with Gasteiger partial charge in [-0.05, 0) is 55.3 Å². The first-order valence-electron chi connectivity index (χ1n) is 16.7. The largest absolute Gasteiger partial charge is 0.310 e. The molecule has 0 atom stereocenters. The van der Waals surface area contributed by atoms with Gasteiger partial charge in [0.1, 0.15) is 0 Å². The summed E-state index contributed by atoms with van der Waals surface area (Å²) in [6.07, 6.45) is 0. The molecule has 9 rings (SSSR count). The van der Waals surface area contributed by atoms with Gasteiger partial charge in [-0.3, -0.25) is 0 Å². The topological polar surface area (TPSA) is 3.24 Å². The van der Waals surface area contributed by atoms with Gasteiger partial charge in [-0.1, -0.05) is 180 Å². The standard InChI is InChI=1S/C44H38BN/c1-42(2,3)31-27-36-41-38(28-31)45(32-21-13-8-14-22-32)37-26-16-25-35-40(37)46(41)39-33(43(36,4)5)23-15-24-34(39)44(35,29-17-9-6-10-18-29)30-19-11-7-12-20-30/h6-28H,1-5H3. The van der Waals surface area contributed by atoms with Gasteiger partial charge in [-0.2, -0.15) is 0 Å². The van der Waals surface area contributed by atoms with Crippen LogP contribution in [0.1, 0.15) is 73.6 Å². The van der Waals surface area contributed by atoms with E-state index in [4.69, 9.17) is 0 Å². The molecule has 3 aliphatic rings. The Kier molecular flexibility index (Phi) is 5.59. The van der Waals surface area contributed by atoms with Crippen molar-refractivity contribution in [1.82, 2.24) is 0 Å². The molecule has 1 nitrogen and oxygen atoms in total.